The summed E-state index contributed by atoms with van der Waals surface area (Å²) in [6, 6.07) is 12.8. The number of hydrogen-bond donors (Lipinski definition) is 1. The predicted octanol–water partition coefficient (Wildman–Crippen LogP) is 4.22. The third-order valence-electron chi connectivity index (χ3n) is 8.08. The van der Waals surface area contributed by atoms with Crippen molar-refractivity contribution in [1.29, 1.82) is 0 Å². The van der Waals surface area contributed by atoms with Gasteiger partial charge in [0.05, 0.1) is 28.2 Å². The van der Waals surface area contributed by atoms with Gasteiger partial charge in [-0.15, -0.1) is 5.10 Å². The Hall–Kier alpha value is -3.83. The van der Waals surface area contributed by atoms with Gasteiger partial charge in [-0.2, -0.15) is 9.40 Å². The first-order valence-corrected chi connectivity index (χ1v) is 14.9. The van der Waals surface area contributed by atoms with E-state index < -0.39 is 22.0 Å². The maximum absolute atomic E-state index is 13.9. The Kier molecular flexibility index (Phi) is 6.38. The molecule has 10 nitrogen and oxygen atoms in total. The molecule has 0 spiro atoms. The lowest BCUT2D eigenvalue weighted by Gasteiger charge is -2.29. The van der Waals surface area contributed by atoms with Gasteiger partial charge in [0, 0.05) is 37.7 Å². The Balaban J connectivity index is 1.37. The van der Waals surface area contributed by atoms with E-state index >= 15 is 0 Å². The second-order valence-electron chi connectivity index (χ2n) is 11.2. The molecule has 0 radical (unpaired) electrons. The molecule has 0 unspecified atom stereocenters. The quantitative estimate of drug-likeness (QED) is 0.374. The highest BCUT2D eigenvalue weighted by molar-refractivity contribution is 7.89. The third kappa shape index (κ3) is 4.52. The Bertz CT molecular complexity index is 1730. The van der Waals surface area contributed by atoms with Gasteiger partial charge in [0.1, 0.15) is 5.56 Å². The van der Waals surface area contributed by atoms with Crippen molar-refractivity contribution < 1.29 is 18.3 Å². The molecule has 4 atom stereocenters. The molecule has 2 aromatic heterocycles. The molecule has 1 N–H and O–H groups in total. The number of aromatic carboxylic acids is 1. The summed E-state index contributed by atoms with van der Waals surface area (Å²) < 4.78 is 32.8. The van der Waals surface area contributed by atoms with Crippen LogP contribution >= 0.6 is 0 Å². The normalized spacial score (nSPS) is 22.9. The molecule has 208 valence electrons. The smallest absolute Gasteiger partial charge is 0.339 e. The van der Waals surface area contributed by atoms with Crippen LogP contribution in [0, 0.1) is 12.8 Å². The van der Waals surface area contributed by atoms with Gasteiger partial charge < -0.3 is 5.11 Å². The summed E-state index contributed by atoms with van der Waals surface area (Å²) >= 11 is 0. The zero-order chi connectivity index (χ0) is 28.3. The second-order valence-corrected chi connectivity index (χ2v) is 13.1. The summed E-state index contributed by atoms with van der Waals surface area (Å²) in [7, 11) is -1.93. The minimum Gasteiger partial charge on any atom is -0.478 e. The van der Waals surface area contributed by atoms with Gasteiger partial charge in [0.2, 0.25) is 10.0 Å². The van der Waals surface area contributed by atoms with Crippen LogP contribution in [0.25, 0.3) is 5.69 Å². The molecule has 0 amide bonds. The molecule has 3 heterocycles. The van der Waals surface area contributed by atoms with Crippen LogP contribution < -0.4 is 0 Å². The monoisotopic (exact) mass is 560 g/mol. The molecule has 0 bridgehead atoms. The first-order valence-electron chi connectivity index (χ1n) is 13.4. The van der Waals surface area contributed by atoms with Crippen molar-refractivity contribution in [2.24, 2.45) is 13.0 Å². The van der Waals surface area contributed by atoms with E-state index in [0.717, 1.165) is 28.8 Å². The number of fused-ring (bicyclic) bond motifs is 1. The van der Waals surface area contributed by atoms with Crippen molar-refractivity contribution in [3.05, 3.63) is 88.5 Å². The van der Waals surface area contributed by atoms with Gasteiger partial charge >= 0.3 is 5.97 Å². The number of aryl methyl sites for hydroxylation is 2. The molecular formula is C29H32N6O4S. The molecule has 1 aliphatic carbocycles. The van der Waals surface area contributed by atoms with E-state index in [0.29, 0.717) is 29.2 Å². The van der Waals surface area contributed by atoms with E-state index in [9.17, 15) is 18.3 Å². The highest BCUT2D eigenvalue weighted by Gasteiger charge is 2.46. The SMILES string of the molecule is Cc1ccc2c(c1)S(=O)(=O)N([C@@H](C)c1cccc(-n3ncc(C(=O)O)c3[C@@H]3C[C@H]3c3cn(C)nn3)c1)C[C@@H](C)C2. The number of aromatic nitrogens is 5. The zero-order valence-electron chi connectivity index (χ0n) is 22.9. The predicted molar refractivity (Wildman–Crippen MR) is 148 cm³/mol. The van der Waals surface area contributed by atoms with Crippen LogP contribution in [0.1, 0.15) is 76.6 Å². The second kappa shape index (κ2) is 9.67. The van der Waals surface area contributed by atoms with Crippen LogP contribution in [0.3, 0.4) is 0 Å². The molecule has 2 aliphatic rings. The van der Waals surface area contributed by atoms with Gasteiger partial charge in [0.25, 0.3) is 0 Å². The molecule has 0 saturated heterocycles. The molecule has 6 rings (SSSR count). The molecule has 40 heavy (non-hydrogen) atoms. The van der Waals surface area contributed by atoms with Crippen molar-refractivity contribution in [1.82, 2.24) is 29.1 Å². The van der Waals surface area contributed by atoms with E-state index in [1.165, 1.54) is 6.20 Å². The number of carboxylic acids is 1. The Morgan fingerprint density at radius 2 is 1.95 bits per heavy atom. The Morgan fingerprint density at radius 1 is 1.15 bits per heavy atom. The molecule has 2 aromatic carbocycles. The van der Waals surface area contributed by atoms with Crippen LogP contribution in [-0.4, -0.2) is 55.1 Å². The number of sulfonamides is 1. The largest absolute Gasteiger partial charge is 0.478 e. The van der Waals surface area contributed by atoms with Crippen molar-refractivity contribution in [2.45, 2.75) is 56.4 Å². The van der Waals surface area contributed by atoms with Gasteiger partial charge in [0.15, 0.2) is 0 Å². The fourth-order valence-corrected chi connectivity index (χ4v) is 7.99. The van der Waals surface area contributed by atoms with E-state index in [2.05, 4.69) is 22.3 Å². The summed E-state index contributed by atoms with van der Waals surface area (Å²) in [6.07, 6.45) is 4.70. The number of hydrogen-bond acceptors (Lipinski definition) is 6. The fourth-order valence-electron chi connectivity index (χ4n) is 5.94. The molecule has 4 aromatic rings. The standard InChI is InChI=1S/C29H32N6O4S/c1-17-8-9-21-10-18(2)15-34(40(38,39)27(21)11-17)19(3)20-6-5-7-22(12-20)35-28(25(14-30-35)29(36)37)24-13-23(24)26-16-33(4)32-31-26/h5-9,11-12,14,16,18-19,23-24H,10,13,15H2,1-4H3,(H,36,37)/t18-,19-,23+,24+/m0/s1. The topological polar surface area (TPSA) is 123 Å². The van der Waals surface area contributed by atoms with Gasteiger partial charge in [-0.1, -0.05) is 36.4 Å². The van der Waals surface area contributed by atoms with Crippen LogP contribution in [0.4, 0.5) is 0 Å². The van der Waals surface area contributed by atoms with E-state index in [4.69, 9.17) is 0 Å². The average Bonchev–Trinajstić information content (AvgIpc) is 3.39. The first-order chi connectivity index (χ1) is 19.0. The van der Waals surface area contributed by atoms with Crippen molar-refractivity contribution in [3.63, 3.8) is 0 Å². The van der Waals surface area contributed by atoms with Crippen LogP contribution in [-0.2, 0) is 23.5 Å². The van der Waals surface area contributed by atoms with E-state index in [1.807, 2.05) is 56.4 Å². The number of carbonyl (C=O) groups is 1. The highest BCUT2D eigenvalue weighted by atomic mass is 32.2. The summed E-state index contributed by atoms with van der Waals surface area (Å²) in [6.45, 7) is 6.29. The van der Waals surface area contributed by atoms with E-state index in [-0.39, 0.29) is 23.3 Å². The van der Waals surface area contributed by atoms with Crippen LogP contribution in [0.5, 0.6) is 0 Å². The first kappa shape index (κ1) is 26.4. The Labute approximate surface area is 233 Å². The van der Waals surface area contributed by atoms with Gasteiger partial charge in [-0.25, -0.2) is 17.9 Å². The molecular weight excluding hydrogens is 528 g/mol. The van der Waals surface area contributed by atoms with Crippen molar-refractivity contribution >= 4 is 16.0 Å². The maximum Gasteiger partial charge on any atom is 0.339 e. The van der Waals surface area contributed by atoms with Crippen molar-refractivity contribution in [3.8, 4) is 5.69 Å². The number of rotatable bonds is 6. The summed E-state index contributed by atoms with van der Waals surface area (Å²) in [5.41, 5.74) is 4.86. The fraction of sp³-hybridized carbons (Fsp3) is 0.379. The van der Waals surface area contributed by atoms with Gasteiger partial charge in [-0.05, 0) is 67.5 Å². The van der Waals surface area contributed by atoms with E-state index in [1.54, 1.807) is 26.8 Å². The summed E-state index contributed by atoms with van der Waals surface area (Å²) in [5, 5.41) is 22.6. The van der Waals surface area contributed by atoms with Crippen LogP contribution in [0.15, 0.2) is 59.8 Å². The molecule has 11 heteroatoms. The van der Waals surface area contributed by atoms with Crippen LogP contribution in [0.2, 0.25) is 0 Å². The molecule has 1 saturated carbocycles. The lowest BCUT2D eigenvalue weighted by Crippen LogP contribution is -2.35. The minimum absolute atomic E-state index is 0.0574. The summed E-state index contributed by atoms with van der Waals surface area (Å²) in [4.78, 5) is 12.5. The lowest BCUT2D eigenvalue weighted by molar-refractivity contribution is 0.0695. The average molecular weight is 561 g/mol. The highest BCUT2D eigenvalue weighted by Crippen LogP contribution is 2.55. The number of nitrogens with zero attached hydrogens (tertiary/aromatic N) is 6. The Morgan fingerprint density at radius 3 is 2.67 bits per heavy atom. The molecule has 1 fully saturated rings. The summed E-state index contributed by atoms with van der Waals surface area (Å²) in [5.74, 6) is -0.878. The minimum atomic E-state index is -3.74. The maximum atomic E-state index is 13.9. The number of carboxylic acid groups (broad SMARTS) is 1. The number of benzene rings is 2. The third-order valence-corrected chi connectivity index (χ3v) is 10.1. The lowest BCUT2D eigenvalue weighted by atomic mass is 9.99. The van der Waals surface area contributed by atoms with Crippen molar-refractivity contribution in [2.75, 3.05) is 6.54 Å². The zero-order valence-corrected chi connectivity index (χ0v) is 23.7. The van der Waals surface area contributed by atoms with Gasteiger partial charge in [-0.3, -0.25) is 4.68 Å². The molecule has 1 aliphatic heterocycles.